The molecule has 4 rings (SSSR count). The Labute approximate surface area is 158 Å². The molecule has 2 aromatic carbocycles. The van der Waals surface area contributed by atoms with Gasteiger partial charge in [0.1, 0.15) is 0 Å². The normalized spacial score (nSPS) is 12.3. The number of aromatic nitrogens is 3. The van der Waals surface area contributed by atoms with Crippen molar-refractivity contribution in [3.05, 3.63) is 78.1 Å². The summed E-state index contributed by atoms with van der Waals surface area (Å²) in [4.78, 5) is 14.7. The number of fused-ring (bicyclic) bond motifs is 1. The van der Waals surface area contributed by atoms with Crippen LogP contribution in [-0.4, -0.2) is 32.6 Å². The van der Waals surface area contributed by atoms with Crippen LogP contribution >= 0.6 is 0 Å². The van der Waals surface area contributed by atoms with Gasteiger partial charge in [0.15, 0.2) is 0 Å². The first-order chi connectivity index (χ1) is 13.0. The first-order valence-electron chi connectivity index (χ1n) is 8.97. The second-order valence-corrected chi connectivity index (χ2v) is 6.87. The van der Waals surface area contributed by atoms with Gasteiger partial charge in [0, 0.05) is 36.9 Å². The molecule has 2 heterocycles. The van der Waals surface area contributed by atoms with Crippen molar-refractivity contribution in [3.8, 4) is 11.3 Å². The topological polar surface area (TPSA) is 53.9 Å². The smallest absolute Gasteiger partial charge is 0.254 e. The summed E-state index contributed by atoms with van der Waals surface area (Å²) in [6.45, 7) is 2.00. The molecule has 5 heteroatoms. The predicted octanol–water partition coefficient (Wildman–Crippen LogP) is 4.40. The van der Waals surface area contributed by atoms with Crippen LogP contribution in [-0.2, 0) is 7.05 Å². The maximum absolute atomic E-state index is 13.0. The number of amides is 1. The predicted molar refractivity (Wildman–Crippen MR) is 107 cm³/mol. The van der Waals surface area contributed by atoms with E-state index in [1.54, 1.807) is 4.90 Å². The van der Waals surface area contributed by atoms with E-state index >= 15 is 0 Å². The molecule has 2 aromatic heterocycles. The van der Waals surface area contributed by atoms with Crippen LogP contribution in [0.2, 0.25) is 0 Å². The van der Waals surface area contributed by atoms with Crippen LogP contribution < -0.4 is 0 Å². The Kier molecular flexibility index (Phi) is 4.28. The first-order valence-corrected chi connectivity index (χ1v) is 8.97. The Balaban J connectivity index is 1.57. The standard InChI is InChI=1S/C22H22N4O/c1-15(19-14-20(24-23-19)16-7-5-4-6-8-16)26(3)22(27)18-10-9-17-11-12-25(2)21(17)13-18/h4-15H,1-3H3,(H,23,24)/t15-/m1/s1. The molecule has 0 fully saturated rings. The number of aryl methyl sites for hydroxylation is 1. The quantitative estimate of drug-likeness (QED) is 0.588. The molecule has 0 saturated heterocycles. The lowest BCUT2D eigenvalue weighted by Gasteiger charge is -2.24. The summed E-state index contributed by atoms with van der Waals surface area (Å²) in [6, 6.07) is 19.8. The third-order valence-electron chi connectivity index (χ3n) is 5.15. The van der Waals surface area contributed by atoms with Crippen molar-refractivity contribution in [1.82, 2.24) is 19.7 Å². The zero-order valence-corrected chi connectivity index (χ0v) is 15.7. The van der Waals surface area contributed by atoms with Crippen molar-refractivity contribution in [1.29, 1.82) is 0 Å². The zero-order chi connectivity index (χ0) is 19.0. The van der Waals surface area contributed by atoms with Crippen LogP contribution in [0.15, 0.2) is 66.9 Å². The molecule has 0 aliphatic carbocycles. The highest BCUT2D eigenvalue weighted by Gasteiger charge is 2.21. The molecule has 0 bridgehead atoms. The van der Waals surface area contributed by atoms with E-state index < -0.39 is 0 Å². The summed E-state index contributed by atoms with van der Waals surface area (Å²) >= 11 is 0. The van der Waals surface area contributed by atoms with Crippen molar-refractivity contribution < 1.29 is 4.79 Å². The van der Waals surface area contributed by atoms with Gasteiger partial charge in [0.25, 0.3) is 5.91 Å². The minimum absolute atomic E-state index is 0.0125. The number of carbonyl (C=O) groups is 1. The van der Waals surface area contributed by atoms with Gasteiger partial charge in [-0.1, -0.05) is 36.4 Å². The van der Waals surface area contributed by atoms with E-state index in [4.69, 9.17) is 0 Å². The maximum atomic E-state index is 13.0. The van der Waals surface area contributed by atoms with E-state index in [1.807, 2.05) is 92.4 Å². The Bertz CT molecular complexity index is 1090. The van der Waals surface area contributed by atoms with E-state index in [9.17, 15) is 4.79 Å². The fourth-order valence-corrected chi connectivity index (χ4v) is 3.29. The maximum Gasteiger partial charge on any atom is 0.254 e. The molecule has 1 atom stereocenters. The number of rotatable bonds is 4. The fraction of sp³-hybridized carbons (Fsp3) is 0.182. The number of benzene rings is 2. The Morgan fingerprint density at radius 1 is 1.11 bits per heavy atom. The van der Waals surface area contributed by atoms with Gasteiger partial charge in [-0.2, -0.15) is 5.10 Å². The molecule has 0 spiro atoms. The first kappa shape index (κ1) is 17.1. The molecular formula is C22H22N4O. The lowest BCUT2D eigenvalue weighted by molar-refractivity contribution is 0.0740. The summed E-state index contributed by atoms with van der Waals surface area (Å²) in [5, 5.41) is 8.61. The summed E-state index contributed by atoms with van der Waals surface area (Å²) in [5.41, 5.74) is 4.57. The molecule has 0 saturated carbocycles. The van der Waals surface area contributed by atoms with Crippen molar-refractivity contribution in [2.45, 2.75) is 13.0 Å². The van der Waals surface area contributed by atoms with Gasteiger partial charge in [0.05, 0.1) is 17.4 Å². The van der Waals surface area contributed by atoms with E-state index in [0.717, 1.165) is 27.9 Å². The average Bonchev–Trinajstić information content (AvgIpc) is 3.34. The molecular weight excluding hydrogens is 336 g/mol. The second-order valence-electron chi connectivity index (χ2n) is 6.87. The Hall–Kier alpha value is -3.34. The van der Waals surface area contributed by atoms with Crippen LogP contribution in [0, 0.1) is 0 Å². The summed E-state index contributed by atoms with van der Waals surface area (Å²) in [5.74, 6) is -0.0125. The molecule has 5 nitrogen and oxygen atoms in total. The Morgan fingerprint density at radius 3 is 2.67 bits per heavy atom. The van der Waals surface area contributed by atoms with Crippen molar-refractivity contribution in [2.24, 2.45) is 7.05 Å². The van der Waals surface area contributed by atoms with Crippen molar-refractivity contribution in [3.63, 3.8) is 0 Å². The molecule has 0 radical (unpaired) electrons. The van der Waals surface area contributed by atoms with Gasteiger partial charge in [0.2, 0.25) is 0 Å². The minimum Gasteiger partial charge on any atom is -0.351 e. The minimum atomic E-state index is -0.119. The molecule has 136 valence electrons. The van der Waals surface area contributed by atoms with Crippen molar-refractivity contribution >= 4 is 16.8 Å². The molecule has 27 heavy (non-hydrogen) atoms. The molecule has 0 unspecified atom stereocenters. The SMILES string of the molecule is C[C@H](c1cc(-c2ccccc2)n[nH]1)N(C)C(=O)c1ccc2ccn(C)c2c1. The van der Waals surface area contributed by atoms with Gasteiger partial charge < -0.3 is 9.47 Å². The molecule has 1 amide bonds. The van der Waals surface area contributed by atoms with E-state index in [-0.39, 0.29) is 11.9 Å². The number of hydrogen-bond acceptors (Lipinski definition) is 2. The fourth-order valence-electron chi connectivity index (χ4n) is 3.29. The summed E-state index contributed by atoms with van der Waals surface area (Å²) in [7, 11) is 3.81. The number of H-pyrrole nitrogens is 1. The summed E-state index contributed by atoms with van der Waals surface area (Å²) < 4.78 is 2.02. The van der Waals surface area contributed by atoms with Crippen molar-refractivity contribution in [2.75, 3.05) is 7.05 Å². The molecule has 1 N–H and O–H groups in total. The highest BCUT2D eigenvalue weighted by Crippen LogP contribution is 2.25. The number of nitrogens with zero attached hydrogens (tertiary/aromatic N) is 3. The van der Waals surface area contributed by atoms with Gasteiger partial charge in [-0.25, -0.2) is 0 Å². The molecule has 4 aromatic rings. The third kappa shape index (κ3) is 3.12. The van der Waals surface area contributed by atoms with Gasteiger partial charge in [-0.15, -0.1) is 0 Å². The largest absolute Gasteiger partial charge is 0.351 e. The lowest BCUT2D eigenvalue weighted by atomic mass is 10.1. The number of nitrogens with one attached hydrogen (secondary N) is 1. The third-order valence-corrected chi connectivity index (χ3v) is 5.15. The number of carbonyl (C=O) groups excluding carboxylic acids is 1. The highest BCUT2D eigenvalue weighted by atomic mass is 16.2. The second kappa shape index (κ2) is 6.76. The summed E-state index contributed by atoms with van der Waals surface area (Å²) in [6.07, 6.45) is 2.00. The monoisotopic (exact) mass is 358 g/mol. The average molecular weight is 358 g/mol. The zero-order valence-electron chi connectivity index (χ0n) is 15.7. The number of aromatic amines is 1. The van der Waals surface area contributed by atoms with Gasteiger partial charge in [-0.3, -0.25) is 9.89 Å². The molecule has 0 aliphatic rings. The van der Waals surface area contributed by atoms with Crippen LogP contribution in [0.25, 0.3) is 22.2 Å². The van der Waals surface area contributed by atoms with Gasteiger partial charge in [-0.05, 0) is 36.6 Å². The van der Waals surface area contributed by atoms with Crippen LogP contribution in [0.5, 0.6) is 0 Å². The lowest BCUT2D eigenvalue weighted by Crippen LogP contribution is -2.29. The van der Waals surface area contributed by atoms with Gasteiger partial charge >= 0.3 is 0 Å². The van der Waals surface area contributed by atoms with E-state index in [2.05, 4.69) is 10.2 Å². The number of hydrogen-bond donors (Lipinski definition) is 1. The van der Waals surface area contributed by atoms with Crippen LogP contribution in [0.3, 0.4) is 0 Å². The van der Waals surface area contributed by atoms with E-state index in [0.29, 0.717) is 5.56 Å². The van der Waals surface area contributed by atoms with Crippen LogP contribution in [0.4, 0.5) is 0 Å². The highest BCUT2D eigenvalue weighted by molar-refractivity contribution is 5.98. The molecule has 0 aliphatic heterocycles. The van der Waals surface area contributed by atoms with E-state index in [1.165, 1.54) is 0 Å². The Morgan fingerprint density at radius 2 is 1.89 bits per heavy atom. The van der Waals surface area contributed by atoms with Crippen LogP contribution in [0.1, 0.15) is 29.0 Å².